The molecule has 0 saturated heterocycles. The van der Waals surface area contributed by atoms with Crippen molar-refractivity contribution >= 4 is 11.6 Å². The molecule has 0 aliphatic carbocycles. The highest BCUT2D eigenvalue weighted by Crippen LogP contribution is 2.20. The minimum atomic E-state index is -0.0185. The van der Waals surface area contributed by atoms with Crippen LogP contribution in [-0.2, 0) is 9.53 Å². The number of methoxy groups -OCH3 is 1. The Morgan fingerprint density at radius 2 is 2.00 bits per heavy atom. The molecule has 1 aromatic rings. The largest absolute Gasteiger partial charge is 0.491 e. The Morgan fingerprint density at radius 1 is 1.29 bits per heavy atom. The lowest BCUT2D eigenvalue weighted by atomic mass is 9.90. The maximum atomic E-state index is 11.8. The van der Waals surface area contributed by atoms with E-state index in [0.717, 1.165) is 6.42 Å². The van der Waals surface area contributed by atoms with E-state index < -0.39 is 0 Å². The van der Waals surface area contributed by atoms with Crippen LogP contribution in [0.25, 0.3) is 0 Å². The van der Waals surface area contributed by atoms with Crippen LogP contribution in [0.5, 0.6) is 5.75 Å². The fourth-order valence-corrected chi connectivity index (χ4v) is 1.76. The van der Waals surface area contributed by atoms with Crippen molar-refractivity contribution < 1.29 is 14.3 Å². The second-order valence-electron chi connectivity index (χ2n) is 5.82. The lowest BCUT2D eigenvalue weighted by molar-refractivity contribution is -0.122. The SMILES string of the molecule is COCCC(C)(C)CNC(=O)CCOc1ccccc1N. The summed E-state index contributed by atoms with van der Waals surface area (Å²) < 4.78 is 10.6. The van der Waals surface area contributed by atoms with Gasteiger partial charge in [0.25, 0.3) is 0 Å². The average molecular weight is 294 g/mol. The van der Waals surface area contributed by atoms with Gasteiger partial charge in [-0.2, -0.15) is 0 Å². The average Bonchev–Trinajstić information content (AvgIpc) is 2.45. The van der Waals surface area contributed by atoms with Gasteiger partial charge in [-0.15, -0.1) is 0 Å². The van der Waals surface area contributed by atoms with Crippen molar-refractivity contribution in [2.45, 2.75) is 26.7 Å². The molecule has 0 spiro atoms. The van der Waals surface area contributed by atoms with Crippen LogP contribution in [0.4, 0.5) is 5.69 Å². The first-order chi connectivity index (χ1) is 9.94. The van der Waals surface area contributed by atoms with Gasteiger partial charge in [0.2, 0.25) is 5.91 Å². The van der Waals surface area contributed by atoms with Crippen LogP contribution in [0.2, 0.25) is 0 Å². The van der Waals surface area contributed by atoms with Crippen LogP contribution in [-0.4, -0.2) is 32.8 Å². The van der Waals surface area contributed by atoms with Crippen molar-refractivity contribution in [1.29, 1.82) is 0 Å². The predicted octanol–water partition coefficient (Wildman–Crippen LogP) is 2.22. The molecule has 0 saturated carbocycles. The number of anilines is 1. The zero-order chi connectivity index (χ0) is 15.7. The van der Waals surface area contributed by atoms with Crippen LogP contribution >= 0.6 is 0 Å². The van der Waals surface area contributed by atoms with E-state index in [9.17, 15) is 4.79 Å². The standard InChI is InChI=1S/C16H26N2O3/c1-16(2,9-11-20-3)12-18-15(19)8-10-21-14-7-5-4-6-13(14)17/h4-7H,8-12,17H2,1-3H3,(H,18,19). The number of nitrogens with one attached hydrogen (secondary N) is 1. The number of ether oxygens (including phenoxy) is 2. The first kappa shape index (κ1) is 17.3. The number of nitrogens with two attached hydrogens (primary N) is 1. The molecule has 3 N–H and O–H groups in total. The first-order valence-corrected chi connectivity index (χ1v) is 7.17. The van der Waals surface area contributed by atoms with E-state index in [4.69, 9.17) is 15.2 Å². The summed E-state index contributed by atoms with van der Waals surface area (Å²) in [5, 5.41) is 2.93. The molecule has 0 radical (unpaired) electrons. The molecule has 0 aromatic heterocycles. The molecule has 21 heavy (non-hydrogen) atoms. The lowest BCUT2D eigenvalue weighted by Crippen LogP contribution is -2.35. The number of carbonyl (C=O) groups excluding carboxylic acids is 1. The van der Waals surface area contributed by atoms with Gasteiger partial charge in [-0.1, -0.05) is 26.0 Å². The zero-order valence-electron chi connectivity index (χ0n) is 13.1. The number of nitrogen functional groups attached to an aromatic ring is 1. The van der Waals surface area contributed by atoms with Gasteiger partial charge in [0.1, 0.15) is 5.75 Å². The summed E-state index contributed by atoms with van der Waals surface area (Å²) in [4.78, 5) is 11.8. The summed E-state index contributed by atoms with van der Waals surface area (Å²) in [6.45, 7) is 5.85. The smallest absolute Gasteiger partial charge is 0.223 e. The van der Waals surface area contributed by atoms with Crippen molar-refractivity contribution in [3.05, 3.63) is 24.3 Å². The van der Waals surface area contributed by atoms with Crippen LogP contribution < -0.4 is 15.8 Å². The van der Waals surface area contributed by atoms with E-state index in [1.807, 2.05) is 12.1 Å². The number of hydrogen-bond donors (Lipinski definition) is 2. The number of carbonyl (C=O) groups is 1. The molecular weight excluding hydrogens is 268 g/mol. The quantitative estimate of drug-likeness (QED) is 0.685. The molecule has 0 heterocycles. The van der Waals surface area contributed by atoms with Gasteiger partial charge in [0, 0.05) is 20.3 Å². The van der Waals surface area contributed by atoms with Crippen LogP contribution in [0.3, 0.4) is 0 Å². The van der Waals surface area contributed by atoms with Crippen molar-refractivity contribution in [2.75, 3.05) is 32.6 Å². The Hall–Kier alpha value is -1.75. The molecule has 0 aliphatic rings. The third-order valence-corrected chi connectivity index (χ3v) is 3.25. The fraction of sp³-hybridized carbons (Fsp3) is 0.562. The van der Waals surface area contributed by atoms with E-state index in [0.29, 0.717) is 37.6 Å². The molecule has 1 rings (SSSR count). The van der Waals surface area contributed by atoms with E-state index in [-0.39, 0.29) is 11.3 Å². The Kier molecular flexibility index (Phi) is 7.02. The Balaban J connectivity index is 2.24. The zero-order valence-corrected chi connectivity index (χ0v) is 13.1. The lowest BCUT2D eigenvalue weighted by Gasteiger charge is -2.24. The Morgan fingerprint density at radius 3 is 2.67 bits per heavy atom. The molecule has 1 amide bonds. The fourth-order valence-electron chi connectivity index (χ4n) is 1.76. The number of para-hydroxylation sites is 2. The monoisotopic (exact) mass is 294 g/mol. The summed E-state index contributed by atoms with van der Waals surface area (Å²) in [7, 11) is 1.68. The van der Waals surface area contributed by atoms with E-state index in [2.05, 4.69) is 19.2 Å². The van der Waals surface area contributed by atoms with Gasteiger partial charge in [-0.05, 0) is 24.0 Å². The van der Waals surface area contributed by atoms with Crippen molar-refractivity contribution in [2.24, 2.45) is 5.41 Å². The summed E-state index contributed by atoms with van der Waals surface area (Å²) >= 11 is 0. The molecule has 0 unspecified atom stereocenters. The Bertz CT molecular complexity index is 447. The van der Waals surface area contributed by atoms with E-state index in [1.54, 1.807) is 19.2 Å². The molecule has 5 heteroatoms. The molecule has 0 bridgehead atoms. The van der Waals surface area contributed by atoms with Crippen molar-refractivity contribution in [3.63, 3.8) is 0 Å². The minimum absolute atomic E-state index is 0.0185. The number of amides is 1. The number of benzene rings is 1. The van der Waals surface area contributed by atoms with Crippen molar-refractivity contribution in [1.82, 2.24) is 5.32 Å². The summed E-state index contributed by atoms with van der Waals surface area (Å²) in [5.74, 6) is 0.598. The number of rotatable bonds is 9. The summed E-state index contributed by atoms with van der Waals surface area (Å²) in [5.41, 5.74) is 6.37. The highest BCUT2D eigenvalue weighted by Gasteiger charge is 2.18. The molecule has 0 aliphatic heterocycles. The second kappa shape index (κ2) is 8.52. The predicted molar refractivity (Wildman–Crippen MR) is 84.3 cm³/mol. The van der Waals surface area contributed by atoms with Gasteiger partial charge in [-0.25, -0.2) is 0 Å². The highest BCUT2D eigenvalue weighted by atomic mass is 16.5. The molecule has 118 valence electrons. The molecule has 1 aromatic carbocycles. The van der Waals surface area contributed by atoms with Gasteiger partial charge >= 0.3 is 0 Å². The molecular formula is C16H26N2O3. The molecule has 0 atom stereocenters. The topological polar surface area (TPSA) is 73.6 Å². The maximum absolute atomic E-state index is 11.8. The van der Waals surface area contributed by atoms with Gasteiger partial charge in [-0.3, -0.25) is 4.79 Å². The van der Waals surface area contributed by atoms with Gasteiger partial charge < -0.3 is 20.5 Å². The molecule has 0 fully saturated rings. The Labute approximate surface area is 126 Å². The highest BCUT2D eigenvalue weighted by molar-refractivity contribution is 5.76. The van der Waals surface area contributed by atoms with Crippen LogP contribution in [0.1, 0.15) is 26.7 Å². The van der Waals surface area contributed by atoms with Crippen LogP contribution in [0.15, 0.2) is 24.3 Å². The second-order valence-corrected chi connectivity index (χ2v) is 5.82. The van der Waals surface area contributed by atoms with Gasteiger partial charge in [0.05, 0.1) is 18.7 Å². The van der Waals surface area contributed by atoms with Gasteiger partial charge in [0.15, 0.2) is 0 Å². The summed E-state index contributed by atoms with van der Waals surface area (Å²) in [6, 6.07) is 7.26. The third kappa shape index (κ3) is 6.99. The minimum Gasteiger partial charge on any atom is -0.491 e. The molecule has 5 nitrogen and oxygen atoms in total. The normalized spacial score (nSPS) is 11.2. The summed E-state index contributed by atoms with van der Waals surface area (Å²) in [6.07, 6.45) is 1.22. The van der Waals surface area contributed by atoms with Crippen LogP contribution in [0, 0.1) is 5.41 Å². The van der Waals surface area contributed by atoms with Crippen molar-refractivity contribution in [3.8, 4) is 5.75 Å². The third-order valence-electron chi connectivity index (χ3n) is 3.25. The first-order valence-electron chi connectivity index (χ1n) is 7.17. The maximum Gasteiger partial charge on any atom is 0.223 e. The van der Waals surface area contributed by atoms with E-state index >= 15 is 0 Å². The number of hydrogen-bond acceptors (Lipinski definition) is 4. The van der Waals surface area contributed by atoms with E-state index in [1.165, 1.54) is 0 Å².